The number of nitrogens with zero attached hydrogens (tertiary/aromatic N) is 1. The molecule has 0 saturated carbocycles. The van der Waals surface area contributed by atoms with Gasteiger partial charge in [-0.25, -0.2) is 4.72 Å². The molecule has 0 aromatic heterocycles. The Kier molecular flexibility index (Phi) is 4.10. The van der Waals surface area contributed by atoms with Crippen LogP contribution < -0.4 is 4.72 Å². The fourth-order valence-corrected chi connectivity index (χ4v) is 0.478. The Bertz CT molecular complexity index is 112. The first kappa shape index (κ1) is 8.47. The van der Waals surface area contributed by atoms with Crippen molar-refractivity contribution >= 4 is 11.3 Å². The van der Waals surface area contributed by atoms with Gasteiger partial charge in [-0.1, -0.05) is 0 Å². The molecule has 7 heteroatoms. The summed E-state index contributed by atoms with van der Waals surface area (Å²) in [5, 5.41) is 9.55. The molecule has 0 aliphatic heterocycles. The number of hydrogen-bond donors (Lipinski definition) is 1. The third kappa shape index (κ3) is 7.47. The molecule has 1 unspecified atom stereocenters. The Morgan fingerprint density at radius 2 is 2.22 bits per heavy atom. The van der Waals surface area contributed by atoms with Gasteiger partial charge in [0.1, 0.15) is 0 Å². The van der Waals surface area contributed by atoms with Crippen LogP contribution in [0.25, 0.3) is 0 Å². The number of nitro groups is 1. The van der Waals surface area contributed by atoms with Crippen molar-refractivity contribution in [2.45, 2.75) is 0 Å². The van der Waals surface area contributed by atoms with E-state index in [1.165, 1.54) is 0 Å². The molecule has 0 amide bonds. The van der Waals surface area contributed by atoms with Crippen molar-refractivity contribution < 1.29 is 13.7 Å². The fraction of sp³-hybridized carbons (Fsp3) is 1.00. The lowest BCUT2D eigenvalue weighted by Gasteiger charge is -2.02. The zero-order valence-electron chi connectivity index (χ0n) is 4.40. The van der Waals surface area contributed by atoms with Crippen molar-refractivity contribution in [1.82, 2.24) is 4.72 Å². The van der Waals surface area contributed by atoms with Gasteiger partial charge in [-0.2, -0.15) is 0 Å². The maximum atomic E-state index is 9.65. The zero-order valence-corrected chi connectivity index (χ0v) is 5.22. The second-order valence-electron chi connectivity index (χ2n) is 1.19. The molecule has 0 aromatic carbocycles. The van der Waals surface area contributed by atoms with Crippen LogP contribution in [0, 0.1) is 10.1 Å². The van der Waals surface area contributed by atoms with Crippen LogP contribution in [0.5, 0.6) is 0 Å². The summed E-state index contributed by atoms with van der Waals surface area (Å²) in [7, 11) is 0. The third-order valence-electron chi connectivity index (χ3n) is 0.514. The molecular formula is C2H5N2O4S-. The quantitative estimate of drug-likeness (QED) is 0.306. The number of rotatable bonds is 4. The summed E-state index contributed by atoms with van der Waals surface area (Å²) in [5.41, 5.74) is 0. The Labute approximate surface area is 53.8 Å². The summed E-state index contributed by atoms with van der Waals surface area (Å²) in [6.07, 6.45) is 0. The largest absolute Gasteiger partial charge is 0.760 e. The minimum absolute atomic E-state index is 0.150. The van der Waals surface area contributed by atoms with E-state index in [-0.39, 0.29) is 13.1 Å². The van der Waals surface area contributed by atoms with E-state index in [9.17, 15) is 18.9 Å². The Balaban J connectivity index is 3.10. The van der Waals surface area contributed by atoms with E-state index < -0.39 is 16.2 Å². The summed E-state index contributed by atoms with van der Waals surface area (Å²) in [4.78, 5) is 8.95. The molecule has 9 heavy (non-hydrogen) atoms. The standard InChI is InChI=1S/C2H6N2O4S/c5-4(6)2-1-3-9(7)8/h3H,1-2H2,(H,7,8)/p-1. The van der Waals surface area contributed by atoms with Crippen molar-refractivity contribution in [3.63, 3.8) is 0 Å². The van der Waals surface area contributed by atoms with E-state index in [1.807, 2.05) is 4.72 Å². The molecule has 0 fully saturated rings. The van der Waals surface area contributed by atoms with Gasteiger partial charge in [-0.15, -0.1) is 0 Å². The van der Waals surface area contributed by atoms with Crippen molar-refractivity contribution in [3.05, 3.63) is 10.1 Å². The zero-order chi connectivity index (χ0) is 7.28. The summed E-state index contributed by atoms with van der Waals surface area (Å²) in [6.45, 7) is -0.531. The number of nitrogens with one attached hydrogen (secondary N) is 1. The number of hydrogen-bond acceptors (Lipinski definition) is 4. The van der Waals surface area contributed by atoms with Gasteiger partial charge >= 0.3 is 0 Å². The lowest BCUT2D eigenvalue weighted by atomic mass is 10.7. The van der Waals surface area contributed by atoms with Crippen LogP contribution in [0.2, 0.25) is 0 Å². The van der Waals surface area contributed by atoms with Gasteiger partial charge in [-0.3, -0.25) is 14.3 Å². The van der Waals surface area contributed by atoms with Crippen molar-refractivity contribution in [3.8, 4) is 0 Å². The summed E-state index contributed by atoms with van der Waals surface area (Å²) in [5.74, 6) is 0. The van der Waals surface area contributed by atoms with E-state index in [1.54, 1.807) is 0 Å². The molecule has 6 nitrogen and oxygen atoms in total. The van der Waals surface area contributed by atoms with Crippen LogP contribution in [0.1, 0.15) is 0 Å². The molecule has 54 valence electrons. The Morgan fingerprint density at radius 1 is 1.67 bits per heavy atom. The molecule has 1 atom stereocenters. The molecule has 0 aliphatic carbocycles. The Morgan fingerprint density at radius 3 is 2.56 bits per heavy atom. The van der Waals surface area contributed by atoms with Crippen molar-refractivity contribution in [2.75, 3.05) is 13.1 Å². The topological polar surface area (TPSA) is 95.3 Å². The lowest BCUT2D eigenvalue weighted by Crippen LogP contribution is -2.23. The maximum Gasteiger partial charge on any atom is 0.217 e. The van der Waals surface area contributed by atoms with E-state index in [0.717, 1.165) is 0 Å². The van der Waals surface area contributed by atoms with E-state index in [2.05, 4.69) is 0 Å². The SMILES string of the molecule is O=[N+]([O-])CCNS(=O)[O-]. The van der Waals surface area contributed by atoms with Gasteiger partial charge in [0.2, 0.25) is 6.54 Å². The molecule has 0 rings (SSSR count). The van der Waals surface area contributed by atoms with Gasteiger partial charge < -0.3 is 4.55 Å². The first-order valence-electron chi connectivity index (χ1n) is 2.07. The highest BCUT2D eigenvalue weighted by atomic mass is 32.2. The van der Waals surface area contributed by atoms with Gasteiger partial charge in [0.25, 0.3) is 0 Å². The third-order valence-corrected chi connectivity index (χ3v) is 0.954. The molecule has 0 bridgehead atoms. The smallest absolute Gasteiger partial charge is 0.217 e. The lowest BCUT2D eigenvalue weighted by molar-refractivity contribution is -0.477. The van der Waals surface area contributed by atoms with E-state index in [0.29, 0.717) is 0 Å². The summed E-state index contributed by atoms with van der Waals surface area (Å²) >= 11 is -2.39. The van der Waals surface area contributed by atoms with Gasteiger partial charge in [0, 0.05) is 16.2 Å². The first-order valence-corrected chi connectivity index (χ1v) is 3.15. The van der Waals surface area contributed by atoms with Gasteiger partial charge in [0.15, 0.2) is 0 Å². The Hall–Kier alpha value is -0.530. The van der Waals surface area contributed by atoms with Crippen LogP contribution in [-0.2, 0) is 11.3 Å². The van der Waals surface area contributed by atoms with Crippen LogP contribution in [0.3, 0.4) is 0 Å². The second kappa shape index (κ2) is 4.36. The fourth-order valence-electron chi connectivity index (χ4n) is 0.220. The molecule has 0 spiro atoms. The van der Waals surface area contributed by atoms with Crippen molar-refractivity contribution in [1.29, 1.82) is 0 Å². The van der Waals surface area contributed by atoms with Crippen LogP contribution >= 0.6 is 0 Å². The highest BCUT2D eigenvalue weighted by Gasteiger charge is 1.93. The van der Waals surface area contributed by atoms with Gasteiger partial charge in [-0.05, 0) is 0 Å². The molecule has 0 saturated heterocycles. The predicted molar refractivity (Wildman–Crippen MR) is 28.8 cm³/mol. The maximum absolute atomic E-state index is 9.65. The molecule has 0 aromatic rings. The normalized spacial score (nSPS) is 13.0. The van der Waals surface area contributed by atoms with E-state index >= 15 is 0 Å². The first-order chi connectivity index (χ1) is 4.13. The second-order valence-corrected chi connectivity index (χ2v) is 1.94. The highest BCUT2D eigenvalue weighted by Crippen LogP contribution is 1.66. The highest BCUT2D eigenvalue weighted by molar-refractivity contribution is 7.77. The summed E-state index contributed by atoms with van der Waals surface area (Å²) < 4.78 is 21.1. The predicted octanol–water partition coefficient (Wildman–Crippen LogP) is -1.35. The molecule has 0 aliphatic rings. The average Bonchev–Trinajstić information content (AvgIpc) is 1.63. The molecule has 0 radical (unpaired) electrons. The van der Waals surface area contributed by atoms with Crippen molar-refractivity contribution in [2.24, 2.45) is 0 Å². The monoisotopic (exact) mass is 153 g/mol. The molecule has 0 heterocycles. The van der Waals surface area contributed by atoms with Crippen LogP contribution in [0.15, 0.2) is 0 Å². The minimum Gasteiger partial charge on any atom is -0.760 e. The van der Waals surface area contributed by atoms with Crippen LogP contribution in [-0.4, -0.2) is 26.8 Å². The van der Waals surface area contributed by atoms with Crippen LogP contribution in [0.4, 0.5) is 0 Å². The van der Waals surface area contributed by atoms with E-state index in [4.69, 9.17) is 0 Å². The summed E-state index contributed by atoms with van der Waals surface area (Å²) in [6, 6.07) is 0. The average molecular weight is 153 g/mol. The minimum atomic E-state index is -2.39. The molecule has 1 N–H and O–H groups in total. The molecular weight excluding hydrogens is 148 g/mol. The van der Waals surface area contributed by atoms with Gasteiger partial charge in [0.05, 0.1) is 6.54 Å².